The number of fused-ring (bicyclic) bond motifs is 1. The summed E-state index contributed by atoms with van der Waals surface area (Å²) in [5.74, 6) is -1.20. The Labute approximate surface area is 171 Å². The van der Waals surface area contributed by atoms with E-state index in [1.807, 2.05) is 0 Å². The first-order valence-corrected chi connectivity index (χ1v) is 11.3. The lowest BCUT2D eigenvalue weighted by molar-refractivity contribution is -0.142. The minimum atomic E-state index is -0.645. The summed E-state index contributed by atoms with van der Waals surface area (Å²) in [6, 6.07) is -1.11. The van der Waals surface area contributed by atoms with Crippen LogP contribution in [-0.2, 0) is 14.4 Å². The summed E-state index contributed by atoms with van der Waals surface area (Å²) >= 11 is 1.66. The number of carbonyl (C=O) groups excluding carboxylic acids is 3. The first-order chi connectivity index (χ1) is 13.3. The molecule has 3 fully saturated rings. The van der Waals surface area contributed by atoms with Crippen LogP contribution in [0.1, 0.15) is 46.5 Å². The molecule has 158 valence electrons. The van der Waals surface area contributed by atoms with Gasteiger partial charge >= 0.3 is 0 Å². The van der Waals surface area contributed by atoms with Crippen molar-refractivity contribution in [2.75, 3.05) is 20.2 Å². The van der Waals surface area contributed by atoms with Gasteiger partial charge in [-0.1, -0.05) is 26.7 Å². The van der Waals surface area contributed by atoms with Gasteiger partial charge in [-0.15, -0.1) is 11.8 Å². The molecule has 3 unspecified atom stereocenters. The first-order valence-electron chi connectivity index (χ1n) is 10.4. The van der Waals surface area contributed by atoms with Gasteiger partial charge in [0.05, 0.1) is 29.2 Å². The number of nitrogens with zero attached hydrogens (tertiary/aromatic N) is 1. The van der Waals surface area contributed by atoms with Crippen LogP contribution in [0.25, 0.3) is 0 Å². The van der Waals surface area contributed by atoms with Gasteiger partial charge in [-0.05, 0) is 25.7 Å². The maximum atomic E-state index is 13.5. The molecule has 0 aromatic rings. The molecule has 3 rings (SSSR count). The molecule has 3 aliphatic heterocycles. The molecule has 0 radical (unpaired) electrons. The number of aliphatic hydroxyl groups is 1. The number of hydrogen-bond acceptors (Lipinski definition) is 5. The van der Waals surface area contributed by atoms with Crippen molar-refractivity contribution in [3.63, 3.8) is 0 Å². The van der Waals surface area contributed by atoms with Gasteiger partial charge < -0.3 is 20.6 Å². The van der Waals surface area contributed by atoms with E-state index in [1.165, 1.54) is 0 Å². The van der Waals surface area contributed by atoms with Crippen molar-refractivity contribution in [1.82, 2.24) is 15.5 Å². The quantitative estimate of drug-likeness (QED) is 0.512. The third-order valence-electron chi connectivity index (χ3n) is 6.80. The van der Waals surface area contributed by atoms with Gasteiger partial charge in [0.25, 0.3) is 0 Å². The number of rotatable bonds is 8. The fraction of sp³-hybridized carbons (Fsp3) is 0.850. The van der Waals surface area contributed by atoms with E-state index in [0.717, 1.165) is 25.7 Å². The first kappa shape index (κ1) is 21.4. The van der Waals surface area contributed by atoms with E-state index in [1.54, 1.807) is 30.6 Å². The molecule has 8 heteroatoms. The fourth-order valence-corrected chi connectivity index (χ4v) is 7.88. The summed E-state index contributed by atoms with van der Waals surface area (Å²) in [7, 11) is 1.60. The minimum absolute atomic E-state index is 0.0610. The zero-order chi connectivity index (χ0) is 20.6. The number of hydrogen-bond donors (Lipinski definition) is 3. The number of unbranched alkanes of at least 4 members (excludes halogenated alkanes) is 2. The number of thioether (sulfide) groups is 1. The van der Waals surface area contributed by atoms with Crippen LogP contribution in [0.5, 0.6) is 0 Å². The summed E-state index contributed by atoms with van der Waals surface area (Å²) in [5, 5.41) is 15.6. The van der Waals surface area contributed by atoms with Crippen LogP contribution in [0, 0.1) is 17.8 Å². The molecule has 0 aliphatic carbocycles. The molecular formula is C20H33N3O4S. The molecule has 3 aliphatic rings. The van der Waals surface area contributed by atoms with Gasteiger partial charge in [0, 0.05) is 18.8 Å². The Bertz CT molecular complexity index is 645. The summed E-state index contributed by atoms with van der Waals surface area (Å²) in [4.78, 5) is 41.0. The third kappa shape index (κ3) is 3.03. The molecule has 3 saturated heterocycles. The SMILES string of the molecule is CCCCCNC(=O)C1N([C@H](C)CO)C(=O)[C@@H]2[C@@H](C(=O)NC)[C@H]3CC(C)C12S3. The van der Waals surface area contributed by atoms with Crippen LogP contribution >= 0.6 is 11.8 Å². The van der Waals surface area contributed by atoms with E-state index < -0.39 is 28.7 Å². The highest BCUT2D eigenvalue weighted by Crippen LogP contribution is 2.68. The van der Waals surface area contributed by atoms with Crippen LogP contribution in [-0.4, -0.2) is 70.0 Å². The second-order valence-corrected chi connectivity index (χ2v) is 9.99. The van der Waals surface area contributed by atoms with Gasteiger partial charge in [-0.25, -0.2) is 0 Å². The summed E-state index contributed by atoms with van der Waals surface area (Å²) < 4.78 is -0.600. The zero-order valence-electron chi connectivity index (χ0n) is 17.2. The van der Waals surface area contributed by atoms with E-state index in [2.05, 4.69) is 24.5 Å². The predicted molar refractivity (Wildman–Crippen MR) is 109 cm³/mol. The topological polar surface area (TPSA) is 98.7 Å². The summed E-state index contributed by atoms with van der Waals surface area (Å²) in [6.07, 6.45) is 3.84. The molecule has 7 nitrogen and oxygen atoms in total. The van der Waals surface area contributed by atoms with Crippen molar-refractivity contribution >= 4 is 29.5 Å². The smallest absolute Gasteiger partial charge is 0.244 e. The Morgan fingerprint density at radius 3 is 2.68 bits per heavy atom. The van der Waals surface area contributed by atoms with Gasteiger partial charge in [0.15, 0.2) is 0 Å². The average Bonchev–Trinajstić information content (AvgIpc) is 3.27. The lowest BCUT2D eigenvalue weighted by Crippen LogP contribution is -2.58. The Kier molecular flexibility index (Phi) is 6.29. The molecule has 0 aromatic heterocycles. The van der Waals surface area contributed by atoms with Crippen LogP contribution in [0.4, 0.5) is 0 Å². The molecule has 3 N–H and O–H groups in total. The summed E-state index contributed by atoms with van der Waals surface area (Å²) in [6.45, 7) is 6.35. The lowest BCUT2D eigenvalue weighted by atomic mass is 9.66. The molecule has 3 heterocycles. The highest BCUT2D eigenvalue weighted by molar-refractivity contribution is 8.02. The van der Waals surface area contributed by atoms with Crippen molar-refractivity contribution in [1.29, 1.82) is 0 Å². The second-order valence-electron chi connectivity index (χ2n) is 8.44. The normalized spacial score (nSPS) is 37.1. The van der Waals surface area contributed by atoms with Crippen molar-refractivity contribution in [2.24, 2.45) is 17.8 Å². The number of amides is 3. The van der Waals surface area contributed by atoms with Crippen molar-refractivity contribution in [3.8, 4) is 0 Å². The lowest BCUT2D eigenvalue weighted by Gasteiger charge is -2.39. The van der Waals surface area contributed by atoms with E-state index in [9.17, 15) is 19.5 Å². The van der Waals surface area contributed by atoms with Crippen LogP contribution in [0.15, 0.2) is 0 Å². The minimum Gasteiger partial charge on any atom is -0.394 e. The Morgan fingerprint density at radius 2 is 2.07 bits per heavy atom. The fourth-order valence-electron chi connectivity index (χ4n) is 5.47. The van der Waals surface area contributed by atoms with E-state index in [0.29, 0.717) is 6.54 Å². The number of nitrogens with one attached hydrogen (secondary N) is 2. The van der Waals surface area contributed by atoms with Gasteiger partial charge in [-0.3, -0.25) is 14.4 Å². The molecule has 0 saturated carbocycles. The van der Waals surface area contributed by atoms with E-state index in [-0.39, 0.29) is 35.5 Å². The highest BCUT2D eigenvalue weighted by atomic mass is 32.2. The zero-order valence-corrected chi connectivity index (χ0v) is 18.1. The van der Waals surface area contributed by atoms with Gasteiger partial charge in [-0.2, -0.15) is 0 Å². The summed E-state index contributed by atoms with van der Waals surface area (Å²) in [5.41, 5.74) is 0. The standard InChI is InChI=1S/C20H33N3O4S/c1-5-6-7-8-22-18(26)16-20-11(2)9-13(28-20)14(17(25)21-4)15(20)19(27)23(16)12(3)10-24/h11-16,24H,5-10H2,1-4H3,(H,21,25)(H,22,26)/t11?,12-,13-,14+,15+,16?,20?/m1/s1. The van der Waals surface area contributed by atoms with Crippen LogP contribution in [0.3, 0.4) is 0 Å². The predicted octanol–water partition coefficient (Wildman–Crippen LogP) is 0.757. The van der Waals surface area contributed by atoms with Crippen molar-refractivity contribution < 1.29 is 19.5 Å². The Hall–Kier alpha value is -1.28. The molecule has 0 aromatic carbocycles. The number of likely N-dealkylation sites (tertiary alicyclic amines) is 1. The monoisotopic (exact) mass is 411 g/mol. The molecule has 1 spiro atoms. The Balaban J connectivity index is 1.97. The van der Waals surface area contributed by atoms with Gasteiger partial charge in [0.1, 0.15) is 6.04 Å². The largest absolute Gasteiger partial charge is 0.394 e. The maximum absolute atomic E-state index is 13.5. The van der Waals surface area contributed by atoms with Crippen molar-refractivity contribution in [3.05, 3.63) is 0 Å². The van der Waals surface area contributed by atoms with Crippen LogP contribution < -0.4 is 10.6 Å². The molecule has 3 amide bonds. The molecular weight excluding hydrogens is 378 g/mol. The van der Waals surface area contributed by atoms with Gasteiger partial charge in [0.2, 0.25) is 17.7 Å². The average molecular weight is 412 g/mol. The van der Waals surface area contributed by atoms with E-state index >= 15 is 0 Å². The Morgan fingerprint density at radius 1 is 1.36 bits per heavy atom. The van der Waals surface area contributed by atoms with E-state index in [4.69, 9.17) is 0 Å². The second kappa shape index (κ2) is 8.22. The molecule has 7 atom stereocenters. The molecule has 2 bridgehead atoms. The maximum Gasteiger partial charge on any atom is 0.244 e. The van der Waals surface area contributed by atoms with Crippen molar-refractivity contribution in [2.45, 2.75) is 68.5 Å². The third-order valence-corrected chi connectivity index (χ3v) is 8.88. The number of carbonyl (C=O) groups is 3. The van der Waals surface area contributed by atoms with Crippen LogP contribution in [0.2, 0.25) is 0 Å². The highest BCUT2D eigenvalue weighted by Gasteiger charge is 2.76. The number of aliphatic hydroxyl groups excluding tert-OH is 1. The molecule has 28 heavy (non-hydrogen) atoms.